The molecule has 0 aromatic heterocycles. The number of hydrogen-bond acceptors (Lipinski definition) is 3. The molecule has 0 spiro atoms. The van der Waals surface area contributed by atoms with Crippen molar-refractivity contribution in [3.05, 3.63) is 29.6 Å². The van der Waals surface area contributed by atoms with Crippen molar-refractivity contribution in [2.45, 2.75) is 32.4 Å². The second-order valence-corrected chi connectivity index (χ2v) is 5.12. The van der Waals surface area contributed by atoms with E-state index in [2.05, 4.69) is 5.32 Å². The van der Waals surface area contributed by atoms with E-state index in [9.17, 15) is 9.18 Å². The molecule has 1 saturated heterocycles. The summed E-state index contributed by atoms with van der Waals surface area (Å²) in [6.45, 7) is 5.49. The van der Waals surface area contributed by atoms with Crippen LogP contribution in [0.25, 0.3) is 0 Å². The molecular weight excluding hydrogens is 259 g/mol. The van der Waals surface area contributed by atoms with Gasteiger partial charge in [0, 0.05) is 37.7 Å². The zero-order valence-corrected chi connectivity index (χ0v) is 12.1. The van der Waals surface area contributed by atoms with Crippen molar-refractivity contribution in [2.75, 3.05) is 20.1 Å². The zero-order valence-electron chi connectivity index (χ0n) is 12.1. The molecule has 2 unspecified atom stereocenters. The van der Waals surface area contributed by atoms with E-state index in [-0.39, 0.29) is 17.8 Å². The van der Waals surface area contributed by atoms with E-state index in [1.165, 1.54) is 12.1 Å². The standard InChI is InChI=1S/C15H21FN2O2/c1-4-17-10(2)12-6-5-11(16)9-14(12)20-13-7-8-18(3)15(13)19/h5-6,9-10,13,17H,4,7-8H2,1-3H3. The highest BCUT2D eigenvalue weighted by Crippen LogP contribution is 2.28. The minimum atomic E-state index is -0.505. The maximum atomic E-state index is 13.4. The molecule has 0 radical (unpaired) electrons. The summed E-state index contributed by atoms with van der Waals surface area (Å²) in [5, 5.41) is 3.27. The summed E-state index contributed by atoms with van der Waals surface area (Å²) < 4.78 is 19.2. The number of likely N-dealkylation sites (N-methyl/N-ethyl adjacent to an activating group) is 1. The third-order valence-electron chi connectivity index (χ3n) is 3.60. The van der Waals surface area contributed by atoms with Gasteiger partial charge in [-0.3, -0.25) is 4.79 Å². The lowest BCUT2D eigenvalue weighted by atomic mass is 10.1. The first-order valence-electron chi connectivity index (χ1n) is 6.97. The Bertz CT molecular complexity index is 493. The molecule has 2 atom stereocenters. The van der Waals surface area contributed by atoms with Gasteiger partial charge in [-0.05, 0) is 19.5 Å². The highest BCUT2D eigenvalue weighted by molar-refractivity contribution is 5.83. The van der Waals surface area contributed by atoms with Gasteiger partial charge in [0.2, 0.25) is 0 Å². The Balaban J connectivity index is 2.21. The number of carbonyl (C=O) groups is 1. The summed E-state index contributed by atoms with van der Waals surface area (Å²) in [7, 11) is 1.75. The number of ether oxygens (including phenoxy) is 1. The Labute approximate surface area is 118 Å². The third-order valence-corrected chi connectivity index (χ3v) is 3.60. The predicted molar refractivity (Wildman–Crippen MR) is 75.2 cm³/mol. The van der Waals surface area contributed by atoms with E-state index in [1.54, 1.807) is 18.0 Å². The summed E-state index contributed by atoms with van der Waals surface area (Å²) in [4.78, 5) is 13.5. The van der Waals surface area contributed by atoms with Crippen molar-refractivity contribution in [3.8, 4) is 5.75 Å². The van der Waals surface area contributed by atoms with Crippen molar-refractivity contribution < 1.29 is 13.9 Å². The molecule has 1 aliphatic rings. The Morgan fingerprint density at radius 1 is 1.55 bits per heavy atom. The van der Waals surface area contributed by atoms with Crippen LogP contribution in [0.4, 0.5) is 4.39 Å². The second kappa shape index (κ2) is 6.22. The fraction of sp³-hybridized carbons (Fsp3) is 0.533. The minimum absolute atomic E-state index is 0.0451. The van der Waals surface area contributed by atoms with Gasteiger partial charge in [0.15, 0.2) is 6.10 Å². The molecule has 1 aromatic rings. The maximum Gasteiger partial charge on any atom is 0.263 e. The van der Waals surface area contributed by atoms with Crippen LogP contribution in [-0.2, 0) is 4.79 Å². The molecule has 20 heavy (non-hydrogen) atoms. The average molecular weight is 280 g/mol. The fourth-order valence-corrected chi connectivity index (χ4v) is 2.44. The quantitative estimate of drug-likeness (QED) is 0.898. The molecule has 1 N–H and O–H groups in total. The van der Waals surface area contributed by atoms with E-state index in [0.717, 1.165) is 12.1 Å². The zero-order chi connectivity index (χ0) is 14.7. The first-order chi connectivity index (χ1) is 9.52. The Morgan fingerprint density at radius 3 is 2.90 bits per heavy atom. The topological polar surface area (TPSA) is 41.6 Å². The maximum absolute atomic E-state index is 13.4. The Morgan fingerprint density at radius 2 is 2.30 bits per heavy atom. The number of hydrogen-bond donors (Lipinski definition) is 1. The summed E-state index contributed by atoms with van der Waals surface area (Å²) in [5.41, 5.74) is 0.871. The lowest BCUT2D eigenvalue weighted by Crippen LogP contribution is -2.30. The number of nitrogens with zero attached hydrogens (tertiary/aromatic N) is 1. The first kappa shape index (κ1) is 14.8. The average Bonchev–Trinajstić information content (AvgIpc) is 2.71. The largest absolute Gasteiger partial charge is 0.480 e. The fourth-order valence-electron chi connectivity index (χ4n) is 2.44. The third kappa shape index (κ3) is 3.10. The smallest absolute Gasteiger partial charge is 0.263 e. The summed E-state index contributed by atoms with van der Waals surface area (Å²) in [6, 6.07) is 4.53. The van der Waals surface area contributed by atoms with Gasteiger partial charge in [-0.2, -0.15) is 0 Å². The lowest BCUT2D eigenvalue weighted by molar-refractivity contribution is -0.132. The van der Waals surface area contributed by atoms with Gasteiger partial charge in [0.25, 0.3) is 5.91 Å². The molecule has 1 fully saturated rings. The molecule has 5 heteroatoms. The SMILES string of the molecule is CCNC(C)c1ccc(F)cc1OC1CCN(C)C1=O. The van der Waals surface area contributed by atoms with E-state index >= 15 is 0 Å². The van der Waals surface area contributed by atoms with Gasteiger partial charge in [-0.1, -0.05) is 13.0 Å². The van der Waals surface area contributed by atoms with Crippen molar-refractivity contribution >= 4 is 5.91 Å². The minimum Gasteiger partial charge on any atom is -0.480 e. The molecule has 1 aliphatic heterocycles. The predicted octanol–water partition coefficient (Wildman–Crippen LogP) is 2.11. The number of amides is 1. The number of carbonyl (C=O) groups excluding carboxylic acids is 1. The number of nitrogens with one attached hydrogen (secondary N) is 1. The van der Waals surface area contributed by atoms with E-state index in [4.69, 9.17) is 4.74 Å². The van der Waals surface area contributed by atoms with Crippen LogP contribution in [0.1, 0.15) is 31.9 Å². The van der Waals surface area contributed by atoms with Gasteiger partial charge in [-0.15, -0.1) is 0 Å². The molecule has 4 nitrogen and oxygen atoms in total. The van der Waals surface area contributed by atoms with E-state index < -0.39 is 6.10 Å². The van der Waals surface area contributed by atoms with Crippen molar-refractivity contribution in [1.82, 2.24) is 10.2 Å². The van der Waals surface area contributed by atoms with E-state index in [1.807, 2.05) is 13.8 Å². The number of halogens is 1. The number of rotatable bonds is 5. The Kier molecular flexibility index (Phi) is 4.60. The number of benzene rings is 1. The van der Waals surface area contributed by atoms with Crippen LogP contribution in [0, 0.1) is 5.82 Å². The van der Waals surface area contributed by atoms with Crippen LogP contribution >= 0.6 is 0 Å². The summed E-state index contributed by atoms with van der Waals surface area (Å²) >= 11 is 0. The van der Waals surface area contributed by atoms with Gasteiger partial charge < -0.3 is 15.0 Å². The van der Waals surface area contributed by atoms with Gasteiger partial charge >= 0.3 is 0 Å². The molecule has 110 valence electrons. The van der Waals surface area contributed by atoms with Crippen molar-refractivity contribution in [2.24, 2.45) is 0 Å². The normalized spacial score (nSPS) is 20.3. The highest BCUT2D eigenvalue weighted by Gasteiger charge is 2.31. The molecule has 1 aromatic carbocycles. The summed E-state index contributed by atoms with van der Waals surface area (Å²) in [6.07, 6.45) is 0.135. The lowest BCUT2D eigenvalue weighted by Gasteiger charge is -2.20. The molecule has 0 bridgehead atoms. The van der Waals surface area contributed by atoms with Crippen LogP contribution in [-0.4, -0.2) is 37.0 Å². The van der Waals surface area contributed by atoms with Gasteiger partial charge in [0.05, 0.1) is 0 Å². The molecule has 0 aliphatic carbocycles. The van der Waals surface area contributed by atoms with Crippen molar-refractivity contribution in [1.29, 1.82) is 0 Å². The second-order valence-electron chi connectivity index (χ2n) is 5.12. The Hall–Kier alpha value is -1.62. The van der Waals surface area contributed by atoms with Crippen LogP contribution in [0.15, 0.2) is 18.2 Å². The molecule has 2 rings (SSSR count). The van der Waals surface area contributed by atoms with Crippen LogP contribution in [0.3, 0.4) is 0 Å². The van der Waals surface area contributed by atoms with Crippen LogP contribution in [0.2, 0.25) is 0 Å². The summed E-state index contributed by atoms with van der Waals surface area (Å²) in [5.74, 6) is 0.0506. The number of likely N-dealkylation sites (tertiary alicyclic amines) is 1. The highest BCUT2D eigenvalue weighted by atomic mass is 19.1. The first-order valence-corrected chi connectivity index (χ1v) is 6.97. The molecule has 0 saturated carbocycles. The van der Waals surface area contributed by atoms with E-state index in [0.29, 0.717) is 18.7 Å². The van der Waals surface area contributed by atoms with Gasteiger partial charge in [0.1, 0.15) is 11.6 Å². The molecule has 1 amide bonds. The van der Waals surface area contributed by atoms with Crippen molar-refractivity contribution in [3.63, 3.8) is 0 Å². The molecule has 1 heterocycles. The monoisotopic (exact) mass is 280 g/mol. The van der Waals surface area contributed by atoms with Crippen LogP contribution < -0.4 is 10.1 Å². The van der Waals surface area contributed by atoms with Crippen LogP contribution in [0.5, 0.6) is 5.75 Å². The molecular formula is C15H21FN2O2. The van der Waals surface area contributed by atoms with Gasteiger partial charge in [-0.25, -0.2) is 4.39 Å².